The summed E-state index contributed by atoms with van der Waals surface area (Å²) in [6.45, 7) is 4.57. The highest BCUT2D eigenvalue weighted by molar-refractivity contribution is 5.90. The van der Waals surface area contributed by atoms with E-state index in [9.17, 15) is 9.59 Å². The van der Waals surface area contributed by atoms with Crippen molar-refractivity contribution in [1.82, 2.24) is 4.90 Å². The number of hydrogen-bond donors (Lipinski definition) is 0. The maximum Gasteiger partial charge on any atom is 0.341 e. The molecule has 0 spiro atoms. The van der Waals surface area contributed by atoms with Crippen LogP contribution in [-0.2, 0) is 9.53 Å². The van der Waals surface area contributed by atoms with E-state index in [1.54, 1.807) is 19.9 Å². The zero-order valence-corrected chi connectivity index (χ0v) is 11.8. The molecular formula is C15H19NO4. The second kappa shape index (κ2) is 4.96. The van der Waals surface area contributed by atoms with Crippen LogP contribution in [0.4, 0.5) is 0 Å². The molecule has 1 aliphatic heterocycles. The van der Waals surface area contributed by atoms with Crippen LogP contribution in [0.1, 0.15) is 41.1 Å². The third-order valence-electron chi connectivity index (χ3n) is 3.94. The van der Waals surface area contributed by atoms with Crippen LogP contribution in [0.2, 0.25) is 0 Å². The molecule has 0 bridgehead atoms. The van der Waals surface area contributed by atoms with Crippen LogP contribution in [0.25, 0.3) is 0 Å². The molecule has 0 unspecified atom stereocenters. The van der Waals surface area contributed by atoms with E-state index in [1.165, 1.54) is 0 Å². The van der Waals surface area contributed by atoms with E-state index < -0.39 is 0 Å². The lowest BCUT2D eigenvalue weighted by Gasteiger charge is -2.15. The number of hydrogen-bond acceptors (Lipinski definition) is 4. The van der Waals surface area contributed by atoms with E-state index in [4.69, 9.17) is 9.15 Å². The summed E-state index contributed by atoms with van der Waals surface area (Å²) in [7, 11) is 0. The summed E-state index contributed by atoms with van der Waals surface area (Å²) in [5.74, 6) is 1.24. The highest BCUT2D eigenvalue weighted by Crippen LogP contribution is 2.32. The Labute approximate surface area is 117 Å². The van der Waals surface area contributed by atoms with Crippen molar-refractivity contribution in [2.45, 2.75) is 39.2 Å². The molecule has 108 valence electrons. The maximum atomic E-state index is 12.0. The van der Waals surface area contributed by atoms with Gasteiger partial charge in [0.1, 0.15) is 17.1 Å². The number of nitrogens with zero attached hydrogens (tertiary/aromatic N) is 1. The Morgan fingerprint density at radius 2 is 2.20 bits per heavy atom. The zero-order chi connectivity index (χ0) is 14.3. The van der Waals surface area contributed by atoms with Gasteiger partial charge in [0.2, 0.25) is 5.91 Å². The average Bonchev–Trinajstić information content (AvgIpc) is 3.09. The van der Waals surface area contributed by atoms with Gasteiger partial charge in [0, 0.05) is 24.9 Å². The monoisotopic (exact) mass is 277 g/mol. The molecular weight excluding hydrogens is 258 g/mol. The molecule has 1 aliphatic carbocycles. The zero-order valence-electron chi connectivity index (χ0n) is 11.8. The van der Waals surface area contributed by atoms with Crippen molar-refractivity contribution in [1.29, 1.82) is 0 Å². The number of furan rings is 1. The normalized spacial score (nSPS) is 22.4. The van der Waals surface area contributed by atoms with Crippen LogP contribution >= 0.6 is 0 Å². The van der Waals surface area contributed by atoms with Crippen molar-refractivity contribution in [2.24, 2.45) is 5.92 Å². The molecule has 1 aromatic heterocycles. The molecule has 2 heterocycles. The van der Waals surface area contributed by atoms with Gasteiger partial charge in [-0.2, -0.15) is 0 Å². The Morgan fingerprint density at radius 3 is 2.80 bits per heavy atom. The van der Waals surface area contributed by atoms with Gasteiger partial charge < -0.3 is 14.1 Å². The predicted octanol–water partition coefficient (Wildman–Crippen LogP) is 2.06. The largest absolute Gasteiger partial charge is 0.466 e. The Bertz CT molecular complexity index is 544. The molecule has 0 aromatic carbocycles. The van der Waals surface area contributed by atoms with Gasteiger partial charge in [-0.1, -0.05) is 0 Å². The van der Waals surface area contributed by atoms with E-state index in [1.807, 2.05) is 4.90 Å². The van der Waals surface area contributed by atoms with Gasteiger partial charge in [0.25, 0.3) is 0 Å². The molecule has 3 rings (SSSR count). The molecule has 1 aromatic rings. The molecule has 0 N–H and O–H groups in total. The quantitative estimate of drug-likeness (QED) is 0.790. The van der Waals surface area contributed by atoms with Crippen molar-refractivity contribution in [2.75, 3.05) is 13.2 Å². The van der Waals surface area contributed by atoms with Gasteiger partial charge in [-0.3, -0.25) is 4.79 Å². The fourth-order valence-electron chi connectivity index (χ4n) is 2.76. The molecule has 1 saturated carbocycles. The van der Waals surface area contributed by atoms with Crippen molar-refractivity contribution < 1.29 is 18.7 Å². The number of esters is 1. The van der Waals surface area contributed by atoms with Crippen LogP contribution in [0, 0.1) is 19.8 Å². The topological polar surface area (TPSA) is 59.8 Å². The van der Waals surface area contributed by atoms with E-state index >= 15 is 0 Å². The summed E-state index contributed by atoms with van der Waals surface area (Å²) in [5.41, 5.74) is 0.478. The third-order valence-corrected chi connectivity index (χ3v) is 3.94. The number of carbonyl (C=O) groups is 2. The Balaban J connectivity index is 1.53. The first-order valence-electron chi connectivity index (χ1n) is 7.08. The molecule has 0 radical (unpaired) electrons. The predicted molar refractivity (Wildman–Crippen MR) is 71.3 cm³/mol. The minimum absolute atomic E-state index is 0.125. The van der Waals surface area contributed by atoms with Crippen molar-refractivity contribution in [3.8, 4) is 0 Å². The molecule has 2 fully saturated rings. The van der Waals surface area contributed by atoms with E-state index in [2.05, 4.69) is 0 Å². The van der Waals surface area contributed by atoms with Crippen LogP contribution in [-0.4, -0.2) is 36.0 Å². The SMILES string of the molecule is Cc1cc(C(=O)OC[C@@H]2CC(=O)N(C3CC3)C2)c(C)o1. The number of carbonyl (C=O) groups excluding carboxylic acids is 2. The Kier molecular flexibility index (Phi) is 3.28. The van der Waals surface area contributed by atoms with Crippen LogP contribution in [0.5, 0.6) is 0 Å². The highest BCUT2D eigenvalue weighted by atomic mass is 16.5. The lowest BCUT2D eigenvalue weighted by atomic mass is 10.1. The second-order valence-corrected chi connectivity index (χ2v) is 5.77. The average molecular weight is 277 g/mol. The molecule has 1 saturated heterocycles. The first-order valence-corrected chi connectivity index (χ1v) is 7.08. The summed E-state index contributed by atoms with van der Waals surface area (Å²) in [5, 5.41) is 0. The summed E-state index contributed by atoms with van der Waals surface area (Å²) in [6.07, 6.45) is 2.73. The summed E-state index contributed by atoms with van der Waals surface area (Å²) < 4.78 is 10.6. The smallest absolute Gasteiger partial charge is 0.341 e. The number of likely N-dealkylation sites (tertiary alicyclic amines) is 1. The molecule has 1 atom stereocenters. The molecule has 1 amide bonds. The van der Waals surface area contributed by atoms with E-state index in [0.717, 1.165) is 19.4 Å². The lowest BCUT2D eigenvalue weighted by molar-refractivity contribution is -0.128. The highest BCUT2D eigenvalue weighted by Gasteiger charge is 2.39. The number of amides is 1. The minimum Gasteiger partial charge on any atom is -0.466 e. The van der Waals surface area contributed by atoms with Crippen LogP contribution in [0.3, 0.4) is 0 Å². The van der Waals surface area contributed by atoms with Gasteiger partial charge in [-0.25, -0.2) is 4.79 Å². The number of aryl methyl sites for hydroxylation is 2. The first-order chi connectivity index (χ1) is 9.54. The number of rotatable bonds is 4. The summed E-state index contributed by atoms with van der Waals surface area (Å²) in [4.78, 5) is 25.7. The Hall–Kier alpha value is -1.78. The minimum atomic E-state index is -0.364. The lowest BCUT2D eigenvalue weighted by Crippen LogP contribution is -2.27. The number of ether oxygens (including phenoxy) is 1. The van der Waals surface area contributed by atoms with Crippen molar-refractivity contribution in [3.63, 3.8) is 0 Å². The van der Waals surface area contributed by atoms with E-state index in [-0.39, 0.29) is 17.8 Å². The van der Waals surface area contributed by atoms with Gasteiger partial charge in [0.15, 0.2) is 0 Å². The second-order valence-electron chi connectivity index (χ2n) is 5.77. The summed E-state index contributed by atoms with van der Waals surface area (Å²) in [6, 6.07) is 2.13. The fourth-order valence-corrected chi connectivity index (χ4v) is 2.76. The van der Waals surface area contributed by atoms with E-state index in [0.29, 0.717) is 36.2 Å². The van der Waals surface area contributed by atoms with Gasteiger partial charge in [-0.05, 0) is 32.8 Å². The standard InChI is InChI=1S/C15H19NO4/c1-9-5-13(10(2)20-9)15(18)19-8-11-6-14(17)16(7-11)12-3-4-12/h5,11-12H,3-4,6-8H2,1-2H3/t11-/m1/s1. The molecule has 20 heavy (non-hydrogen) atoms. The van der Waals surface area contributed by atoms with Crippen molar-refractivity contribution >= 4 is 11.9 Å². The fraction of sp³-hybridized carbons (Fsp3) is 0.600. The van der Waals surface area contributed by atoms with Gasteiger partial charge in [0.05, 0.1) is 6.61 Å². The molecule has 5 heteroatoms. The van der Waals surface area contributed by atoms with Crippen LogP contribution < -0.4 is 0 Å². The maximum absolute atomic E-state index is 12.0. The molecule has 2 aliphatic rings. The van der Waals surface area contributed by atoms with Gasteiger partial charge >= 0.3 is 5.97 Å². The first kappa shape index (κ1) is 13.2. The molecule has 5 nitrogen and oxygen atoms in total. The van der Waals surface area contributed by atoms with Crippen LogP contribution in [0.15, 0.2) is 10.5 Å². The van der Waals surface area contributed by atoms with Crippen molar-refractivity contribution in [3.05, 3.63) is 23.2 Å². The summed E-state index contributed by atoms with van der Waals surface area (Å²) >= 11 is 0. The van der Waals surface area contributed by atoms with Gasteiger partial charge in [-0.15, -0.1) is 0 Å². The Morgan fingerprint density at radius 1 is 1.45 bits per heavy atom. The third kappa shape index (κ3) is 2.57.